The number of carbonyl (C=O) groups is 2. The molecule has 1 saturated heterocycles. The number of hydrogen-bond donors (Lipinski definition) is 2. The molecule has 6 nitrogen and oxygen atoms in total. The molecule has 2 N–H and O–H groups in total. The number of carbonyl (C=O) groups excluding carboxylic acids is 1. The van der Waals surface area contributed by atoms with Gasteiger partial charge in [-0.05, 0) is 19.3 Å². The number of amides is 2. The van der Waals surface area contributed by atoms with Crippen LogP contribution in [0.1, 0.15) is 45.4 Å². The monoisotopic (exact) mass is 298 g/mol. The summed E-state index contributed by atoms with van der Waals surface area (Å²) in [5, 5.41) is 11.5. The second-order valence-corrected chi connectivity index (χ2v) is 6.51. The lowest BCUT2D eigenvalue weighted by Gasteiger charge is -2.47. The van der Waals surface area contributed by atoms with Gasteiger partial charge in [0.1, 0.15) is 12.2 Å². The third-order valence-corrected chi connectivity index (χ3v) is 4.44. The van der Waals surface area contributed by atoms with Crippen LogP contribution >= 0.6 is 0 Å². The fraction of sp³-hybridized carbons (Fsp3) is 0.867. The maximum atomic E-state index is 11.9. The number of rotatable bonds is 6. The largest absolute Gasteiger partial charge is 0.480 e. The van der Waals surface area contributed by atoms with Crippen molar-refractivity contribution in [2.24, 2.45) is 5.92 Å². The molecule has 0 aromatic heterocycles. The van der Waals surface area contributed by atoms with E-state index in [-0.39, 0.29) is 12.6 Å². The number of hydrogen-bond acceptors (Lipinski definition) is 3. The Morgan fingerprint density at radius 1 is 1.29 bits per heavy atom. The van der Waals surface area contributed by atoms with Crippen LogP contribution in [-0.4, -0.2) is 53.8 Å². The van der Waals surface area contributed by atoms with Gasteiger partial charge in [0.05, 0.1) is 13.1 Å². The predicted molar refractivity (Wildman–Crippen MR) is 78.2 cm³/mol. The molecule has 1 saturated carbocycles. The summed E-state index contributed by atoms with van der Waals surface area (Å²) in [4.78, 5) is 24.1. The van der Waals surface area contributed by atoms with E-state index < -0.39 is 11.6 Å². The second kappa shape index (κ2) is 7.11. The molecule has 1 aliphatic heterocycles. The Balaban J connectivity index is 1.59. The molecular formula is C15H26N2O4. The lowest BCUT2D eigenvalue weighted by Crippen LogP contribution is -2.65. The highest BCUT2D eigenvalue weighted by Crippen LogP contribution is 2.26. The van der Waals surface area contributed by atoms with E-state index in [0.29, 0.717) is 13.1 Å². The third kappa shape index (κ3) is 4.88. The number of carboxylic acids is 1. The van der Waals surface area contributed by atoms with Gasteiger partial charge in [0.2, 0.25) is 0 Å². The minimum absolute atomic E-state index is 0.0674. The SMILES string of the molecule is CC1(OCC(=O)O)CN(C(=O)NCCC2CCCCC2)C1. The molecule has 2 aliphatic rings. The summed E-state index contributed by atoms with van der Waals surface area (Å²) in [5.41, 5.74) is -0.515. The van der Waals surface area contributed by atoms with E-state index in [1.165, 1.54) is 32.1 Å². The van der Waals surface area contributed by atoms with E-state index in [4.69, 9.17) is 9.84 Å². The number of nitrogens with one attached hydrogen (secondary N) is 1. The Bertz CT molecular complexity index is 374. The van der Waals surface area contributed by atoms with Crippen molar-refractivity contribution in [2.45, 2.75) is 51.0 Å². The number of carboxylic acid groups (broad SMARTS) is 1. The van der Waals surface area contributed by atoms with Gasteiger partial charge in [-0.2, -0.15) is 0 Å². The average molecular weight is 298 g/mol. The summed E-state index contributed by atoms with van der Waals surface area (Å²) in [6, 6.07) is -0.0674. The Morgan fingerprint density at radius 2 is 1.95 bits per heavy atom. The molecule has 0 spiro atoms. The van der Waals surface area contributed by atoms with Crippen molar-refractivity contribution >= 4 is 12.0 Å². The van der Waals surface area contributed by atoms with E-state index in [1.54, 1.807) is 4.90 Å². The van der Waals surface area contributed by atoms with E-state index in [0.717, 1.165) is 18.9 Å². The van der Waals surface area contributed by atoms with Crippen molar-refractivity contribution in [1.82, 2.24) is 10.2 Å². The molecule has 0 bridgehead atoms. The van der Waals surface area contributed by atoms with Crippen LogP contribution in [0.15, 0.2) is 0 Å². The van der Waals surface area contributed by atoms with Gasteiger partial charge >= 0.3 is 12.0 Å². The van der Waals surface area contributed by atoms with E-state index in [1.807, 2.05) is 6.92 Å². The zero-order valence-corrected chi connectivity index (χ0v) is 12.8. The summed E-state index contributed by atoms with van der Waals surface area (Å²) in [5.74, 6) is -0.216. The lowest BCUT2D eigenvalue weighted by atomic mass is 9.87. The number of likely N-dealkylation sites (tertiary alicyclic amines) is 1. The van der Waals surface area contributed by atoms with E-state index >= 15 is 0 Å². The fourth-order valence-corrected chi connectivity index (χ4v) is 3.20. The molecule has 2 fully saturated rings. The van der Waals surface area contributed by atoms with Crippen LogP contribution in [0.5, 0.6) is 0 Å². The van der Waals surface area contributed by atoms with Crippen LogP contribution in [0.25, 0.3) is 0 Å². The van der Waals surface area contributed by atoms with Gasteiger partial charge in [0.25, 0.3) is 0 Å². The number of aliphatic carboxylic acids is 1. The summed E-state index contributed by atoms with van der Waals surface area (Å²) in [6.07, 6.45) is 7.65. The first-order valence-electron chi connectivity index (χ1n) is 7.87. The smallest absolute Gasteiger partial charge is 0.329 e. The third-order valence-electron chi connectivity index (χ3n) is 4.44. The Kier molecular flexibility index (Phi) is 5.45. The fourth-order valence-electron chi connectivity index (χ4n) is 3.20. The molecule has 1 heterocycles. The average Bonchev–Trinajstić information content (AvgIpc) is 2.43. The normalized spacial score (nSPS) is 21.7. The molecule has 6 heteroatoms. The van der Waals surface area contributed by atoms with Crippen molar-refractivity contribution in [2.75, 3.05) is 26.2 Å². The predicted octanol–water partition coefficient (Wildman–Crippen LogP) is 1.84. The molecule has 2 rings (SSSR count). The molecule has 1 aliphatic carbocycles. The van der Waals surface area contributed by atoms with Gasteiger partial charge in [-0.1, -0.05) is 32.1 Å². The highest BCUT2D eigenvalue weighted by atomic mass is 16.5. The van der Waals surface area contributed by atoms with Gasteiger partial charge in [-0.3, -0.25) is 0 Å². The first-order chi connectivity index (χ1) is 9.98. The van der Waals surface area contributed by atoms with Crippen LogP contribution in [0.2, 0.25) is 0 Å². The maximum Gasteiger partial charge on any atom is 0.329 e. The summed E-state index contributed by atoms with van der Waals surface area (Å²) < 4.78 is 5.29. The van der Waals surface area contributed by atoms with Crippen molar-refractivity contribution in [1.29, 1.82) is 0 Å². The van der Waals surface area contributed by atoms with Crippen molar-refractivity contribution in [3.63, 3.8) is 0 Å². The number of ether oxygens (including phenoxy) is 1. The minimum atomic E-state index is -0.980. The van der Waals surface area contributed by atoms with Crippen LogP contribution in [-0.2, 0) is 9.53 Å². The summed E-state index contributed by atoms with van der Waals surface area (Å²) in [7, 11) is 0. The zero-order valence-electron chi connectivity index (χ0n) is 12.8. The number of nitrogens with zero attached hydrogens (tertiary/aromatic N) is 1. The summed E-state index contributed by atoms with van der Waals surface area (Å²) >= 11 is 0. The number of urea groups is 1. The van der Waals surface area contributed by atoms with Gasteiger partial charge in [0, 0.05) is 6.54 Å². The van der Waals surface area contributed by atoms with Crippen LogP contribution in [0, 0.1) is 5.92 Å². The van der Waals surface area contributed by atoms with E-state index in [2.05, 4.69) is 5.32 Å². The zero-order chi connectivity index (χ0) is 15.3. The molecule has 0 aromatic carbocycles. The molecule has 21 heavy (non-hydrogen) atoms. The maximum absolute atomic E-state index is 11.9. The topological polar surface area (TPSA) is 78.9 Å². The van der Waals surface area contributed by atoms with Crippen molar-refractivity contribution in [3.8, 4) is 0 Å². The highest BCUT2D eigenvalue weighted by Gasteiger charge is 2.42. The Hall–Kier alpha value is -1.30. The second-order valence-electron chi connectivity index (χ2n) is 6.51. The van der Waals surface area contributed by atoms with Crippen molar-refractivity contribution < 1.29 is 19.4 Å². The molecule has 2 amide bonds. The Labute approximate surface area is 125 Å². The van der Waals surface area contributed by atoms with Gasteiger partial charge in [-0.25, -0.2) is 9.59 Å². The van der Waals surface area contributed by atoms with Crippen LogP contribution in [0.3, 0.4) is 0 Å². The summed E-state index contributed by atoms with van der Waals surface area (Å²) in [6.45, 7) is 3.16. The molecule has 0 radical (unpaired) electrons. The quantitative estimate of drug-likeness (QED) is 0.784. The molecule has 0 aromatic rings. The van der Waals surface area contributed by atoms with Crippen molar-refractivity contribution in [3.05, 3.63) is 0 Å². The first-order valence-corrected chi connectivity index (χ1v) is 7.87. The van der Waals surface area contributed by atoms with Gasteiger partial charge in [0.15, 0.2) is 0 Å². The van der Waals surface area contributed by atoms with Gasteiger partial charge < -0.3 is 20.1 Å². The standard InChI is InChI=1S/C15H26N2O4/c1-15(21-9-13(18)19)10-17(11-15)14(20)16-8-7-12-5-3-2-4-6-12/h12H,2-11H2,1H3,(H,16,20)(H,18,19). The lowest BCUT2D eigenvalue weighted by molar-refractivity contribution is -0.159. The highest BCUT2D eigenvalue weighted by molar-refractivity contribution is 5.75. The molecular weight excluding hydrogens is 272 g/mol. The van der Waals surface area contributed by atoms with Crippen LogP contribution in [0.4, 0.5) is 4.79 Å². The van der Waals surface area contributed by atoms with E-state index in [9.17, 15) is 9.59 Å². The molecule has 0 atom stereocenters. The Morgan fingerprint density at radius 3 is 2.57 bits per heavy atom. The molecule has 120 valence electrons. The first kappa shape index (κ1) is 16.1. The minimum Gasteiger partial charge on any atom is -0.480 e. The van der Waals surface area contributed by atoms with Crippen LogP contribution < -0.4 is 5.32 Å². The van der Waals surface area contributed by atoms with Gasteiger partial charge in [-0.15, -0.1) is 0 Å². The molecule has 0 unspecified atom stereocenters.